The highest BCUT2D eigenvalue weighted by molar-refractivity contribution is 5.74. The van der Waals surface area contributed by atoms with E-state index in [9.17, 15) is 4.79 Å². The summed E-state index contributed by atoms with van der Waals surface area (Å²) in [6.07, 6.45) is 1.80. The van der Waals surface area contributed by atoms with Crippen LogP contribution in [0.2, 0.25) is 0 Å². The summed E-state index contributed by atoms with van der Waals surface area (Å²) in [6, 6.07) is 9.71. The van der Waals surface area contributed by atoms with Crippen LogP contribution in [-0.4, -0.2) is 49.6 Å². The Balaban J connectivity index is 1.42. The number of piperidine rings is 1. The number of carbonyl (C=O) groups excluding carboxylic acids is 1. The molecule has 3 rings (SSSR count). The summed E-state index contributed by atoms with van der Waals surface area (Å²) in [4.78, 5) is 14.0. The number of hydrogen-bond donors (Lipinski definition) is 1. The second kappa shape index (κ2) is 7.69. The van der Waals surface area contributed by atoms with Gasteiger partial charge in [-0.3, -0.25) is 0 Å². The molecular formula is C19H24N2O3. The van der Waals surface area contributed by atoms with Crippen molar-refractivity contribution in [2.75, 3.05) is 32.8 Å². The zero-order valence-corrected chi connectivity index (χ0v) is 14.1. The predicted molar refractivity (Wildman–Crippen MR) is 91.3 cm³/mol. The van der Waals surface area contributed by atoms with Crippen LogP contribution >= 0.6 is 0 Å². The first-order valence-electron chi connectivity index (χ1n) is 8.52. The molecule has 0 unspecified atom stereocenters. The summed E-state index contributed by atoms with van der Waals surface area (Å²) < 4.78 is 11.5. The van der Waals surface area contributed by atoms with E-state index in [4.69, 9.17) is 9.47 Å². The van der Waals surface area contributed by atoms with Crippen LogP contribution in [0.5, 0.6) is 0 Å². The highest BCUT2D eigenvalue weighted by atomic mass is 16.7. The van der Waals surface area contributed by atoms with E-state index in [0.717, 1.165) is 31.5 Å². The monoisotopic (exact) mass is 328 g/mol. The Labute approximate surface area is 143 Å². The molecule has 5 heteroatoms. The Kier molecular flexibility index (Phi) is 5.39. The Morgan fingerprint density at radius 3 is 2.58 bits per heavy atom. The van der Waals surface area contributed by atoms with Gasteiger partial charge in [0.05, 0.1) is 19.8 Å². The lowest BCUT2D eigenvalue weighted by Crippen LogP contribution is -2.48. The van der Waals surface area contributed by atoms with E-state index in [0.29, 0.717) is 25.7 Å². The summed E-state index contributed by atoms with van der Waals surface area (Å²) in [6.45, 7) is 5.15. The number of amides is 2. The molecule has 0 saturated carbocycles. The standard InChI is InChI=1S/C19H24N2O3/c1-19(23-14-15-24-19)17-9-12-21(13-10-17)18(22)20-11-5-8-16-6-3-2-4-7-16/h2-4,6-7,17H,9-15H2,1H3,(H,20,22). The van der Waals surface area contributed by atoms with Crippen molar-refractivity contribution in [1.29, 1.82) is 0 Å². The molecule has 128 valence electrons. The topological polar surface area (TPSA) is 50.8 Å². The van der Waals surface area contributed by atoms with Gasteiger partial charge in [0, 0.05) is 24.6 Å². The minimum absolute atomic E-state index is 0.0470. The SMILES string of the molecule is CC1(C2CCN(C(=O)NCC#Cc3ccccc3)CC2)OCCO1. The van der Waals surface area contributed by atoms with Gasteiger partial charge >= 0.3 is 6.03 Å². The first kappa shape index (κ1) is 16.8. The molecule has 0 radical (unpaired) electrons. The number of rotatable bonds is 2. The lowest BCUT2D eigenvalue weighted by molar-refractivity contribution is -0.189. The van der Waals surface area contributed by atoms with Crippen molar-refractivity contribution in [3.05, 3.63) is 35.9 Å². The Hall–Kier alpha value is -2.03. The smallest absolute Gasteiger partial charge is 0.318 e. The van der Waals surface area contributed by atoms with Gasteiger partial charge in [0.25, 0.3) is 0 Å². The van der Waals surface area contributed by atoms with Crippen molar-refractivity contribution < 1.29 is 14.3 Å². The molecule has 2 saturated heterocycles. The molecule has 2 heterocycles. The van der Waals surface area contributed by atoms with Gasteiger partial charge in [-0.15, -0.1) is 0 Å². The van der Waals surface area contributed by atoms with Gasteiger partial charge in [0.15, 0.2) is 5.79 Å². The first-order chi connectivity index (χ1) is 11.7. The average Bonchev–Trinajstić information content (AvgIpc) is 3.07. The van der Waals surface area contributed by atoms with Crippen molar-refractivity contribution in [3.63, 3.8) is 0 Å². The van der Waals surface area contributed by atoms with Crippen LogP contribution in [0.1, 0.15) is 25.3 Å². The van der Waals surface area contributed by atoms with E-state index in [1.54, 1.807) is 0 Å². The largest absolute Gasteiger partial charge is 0.348 e. The van der Waals surface area contributed by atoms with E-state index in [2.05, 4.69) is 17.2 Å². The van der Waals surface area contributed by atoms with Crippen LogP contribution in [-0.2, 0) is 9.47 Å². The van der Waals surface area contributed by atoms with Crippen molar-refractivity contribution >= 4 is 6.03 Å². The molecule has 2 aliphatic rings. The van der Waals surface area contributed by atoms with Crippen LogP contribution in [0.25, 0.3) is 0 Å². The zero-order valence-electron chi connectivity index (χ0n) is 14.1. The fraction of sp³-hybridized carbons (Fsp3) is 0.526. The van der Waals surface area contributed by atoms with Gasteiger partial charge in [0.1, 0.15) is 0 Å². The fourth-order valence-corrected chi connectivity index (χ4v) is 3.27. The fourth-order valence-electron chi connectivity index (χ4n) is 3.27. The molecule has 2 aliphatic heterocycles. The quantitative estimate of drug-likeness (QED) is 0.847. The minimum Gasteiger partial charge on any atom is -0.348 e. The summed E-state index contributed by atoms with van der Waals surface area (Å²) in [5.41, 5.74) is 0.956. The minimum atomic E-state index is -0.469. The van der Waals surface area contributed by atoms with E-state index < -0.39 is 5.79 Å². The van der Waals surface area contributed by atoms with Gasteiger partial charge in [-0.05, 0) is 31.9 Å². The summed E-state index contributed by atoms with van der Waals surface area (Å²) in [5, 5.41) is 2.87. The molecular weight excluding hydrogens is 304 g/mol. The lowest BCUT2D eigenvalue weighted by atomic mass is 9.89. The van der Waals surface area contributed by atoms with Crippen LogP contribution < -0.4 is 5.32 Å². The third kappa shape index (κ3) is 4.08. The maximum atomic E-state index is 12.2. The number of benzene rings is 1. The Morgan fingerprint density at radius 2 is 1.92 bits per heavy atom. The number of carbonyl (C=O) groups is 1. The summed E-state index contributed by atoms with van der Waals surface area (Å²) in [5.74, 6) is 5.90. The predicted octanol–water partition coefficient (Wildman–Crippen LogP) is 2.22. The molecule has 2 amide bonds. The van der Waals surface area contributed by atoms with Crippen molar-refractivity contribution in [3.8, 4) is 11.8 Å². The molecule has 2 fully saturated rings. The molecule has 1 aromatic rings. The highest BCUT2D eigenvalue weighted by Crippen LogP contribution is 2.34. The maximum absolute atomic E-state index is 12.2. The van der Waals surface area contributed by atoms with Crippen LogP contribution in [0.3, 0.4) is 0 Å². The van der Waals surface area contributed by atoms with E-state index in [1.165, 1.54) is 0 Å². The molecule has 1 aromatic carbocycles. The lowest BCUT2D eigenvalue weighted by Gasteiger charge is -2.38. The van der Waals surface area contributed by atoms with Crippen molar-refractivity contribution in [2.24, 2.45) is 5.92 Å². The Bertz CT molecular complexity index is 606. The van der Waals surface area contributed by atoms with Gasteiger partial charge < -0.3 is 19.7 Å². The van der Waals surface area contributed by atoms with Crippen molar-refractivity contribution in [2.45, 2.75) is 25.6 Å². The third-order valence-corrected chi connectivity index (χ3v) is 4.72. The Morgan fingerprint density at radius 1 is 1.25 bits per heavy atom. The van der Waals surface area contributed by atoms with Crippen molar-refractivity contribution in [1.82, 2.24) is 10.2 Å². The van der Waals surface area contributed by atoms with Gasteiger partial charge in [-0.1, -0.05) is 30.0 Å². The molecule has 0 spiro atoms. The molecule has 0 aromatic heterocycles. The molecule has 24 heavy (non-hydrogen) atoms. The number of nitrogens with one attached hydrogen (secondary N) is 1. The molecule has 5 nitrogen and oxygen atoms in total. The van der Waals surface area contributed by atoms with E-state index in [-0.39, 0.29) is 6.03 Å². The zero-order chi connectivity index (χ0) is 16.8. The second-order valence-electron chi connectivity index (χ2n) is 6.30. The number of nitrogens with zero attached hydrogens (tertiary/aromatic N) is 1. The van der Waals surface area contributed by atoms with Crippen LogP contribution in [0.15, 0.2) is 30.3 Å². The summed E-state index contributed by atoms with van der Waals surface area (Å²) >= 11 is 0. The molecule has 0 bridgehead atoms. The number of hydrogen-bond acceptors (Lipinski definition) is 3. The molecule has 1 N–H and O–H groups in total. The molecule has 0 aliphatic carbocycles. The normalized spacial score (nSPS) is 20.3. The second-order valence-corrected chi connectivity index (χ2v) is 6.30. The van der Waals surface area contributed by atoms with Gasteiger partial charge in [-0.25, -0.2) is 4.79 Å². The van der Waals surface area contributed by atoms with Gasteiger partial charge in [0.2, 0.25) is 0 Å². The summed E-state index contributed by atoms with van der Waals surface area (Å²) in [7, 11) is 0. The first-order valence-corrected chi connectivity index (χ1v) is 8.52. The third-order valence-electron chi connectivity index (χ3n) is 4.72. The van der Waals surface area contributed by atoms with E-state index in [1.807, 2.05) is 42.2 Å². The number of urea groups is 1. The van der Waals surface area contributed by atoms with Crippen LogP contribution in [0.4, 0.5) is 4.79 Å². The molecule has 0 atom stereocenters. The highest BCUT2D eigenvalue weighted by Gasteiger charge is 2.41. The maximum Gasteiger partial charge on any atom is 0.318 e. The average molecular weight is 328 g/mol. The number of likely N-dealkylation sites (tertiary alicyclic amines) is 1. The van der Waals surface area contributed by atoms with E-state index >= 15 is 0 Å². The van der Waals surface area contributed by atoms with Crippen LogP contribution in [0, 0.1) is 17.8 Å². The van der Waals surface area contributed by atoms with Gasteiger partial charge in [-0.2, -0.15) is 0 Å². The number of ether oxygens (including phenoxy) is 2.